The number of thiazole rings is 1. The fourth-order valence-corrected chi connectivity index (χ4v) is 4.04. The average molecular weight is 537 g/mol. The van der Waals surface area contributed by atoms with Crippen LogP contribution in [0.1, 0.15) is 27.3 Å². The Balaban J connectivity index is 0.00000320. The third kappa shape index (κ3) is 6.94. The van der Waals surface area contributed by atoms with Crippen LogP contribution in [-0.2, 0) is 12.8 Å². The van der Waals surface area contributed by atoms with Gasteiger partial charge in [0.05, 0.1) is 15.2 Å². The lowest BCUT2D eigenvalue weighted by atomic mass is 10.1. The number of para-hydroxylation sites is 1. The Morgan fingerprint density at radius 1 is 1.07 bits per heavy atom. The molecule has 0 fully saturated rings. The molecule has 0 unspecified atom stereocenters. The van der Waals surface area contributed by atoms with Crippen LogP contribution < -0.4 is 16.0 Å². The second kappa shape index (κ2) is 12.5. The lowest BCUT2D eigenvalue weighted by molar-refractivity contribution is 0.0963. The van der Waals surface area contributed by atoms with Crippen molar-refractivity contribution >= 4 is 57.4 Å². The summed E-state index contributed by atoms with van der Waals surface area (Å²) in [5.74, 6) is 0.724. The molecule has 6 nitrogen and oxygen atoms in total. The maximum Gasteiger partial charge on any atom is 0.251 e. The summed E-state index contributed by atoms with van der Waals surface area (Å²) >= 11 is 1.76. The average Bonchev–Trinajstić information content (AvgIpc) is 3.18. The number of aliphatic imine (C=N–C) groups is 1. The maximum atomic E-state index is 11.7. The molecule has 0 saturated heterocycles. The molecule has 3 aromatic rings. The normalized spacial score (nSPS) is 11.1. The molecule has 0 bridgehead atoms. The number of carbonyl (C=O) groups is 1. The number of nitrogens with one attached hydrogen (secondary N) is 3. The zero-order valence-electron chi connectivity index (χ0n) is 17.3. The van der Waals surface area contributed by atoms with E-state index in [0.29, 0.717) is 5.56 Å². The van der Waals surface area contributed by atoms with E-state index < -0.39 is 0 Å². The molecule has 0 atom stereocenters. The first-order chi connectivity index (χ1) is 14.2. The van der Waals surface area contributed by atoms with Gasteiger partial charge in [0.1, 0.15) is 0 Å². The zero-order chi connectivity index (χ0) is 20.5. The Hall–Kier alpha value is -2.20. The summed E-state index contributed by atoms with van der Waals surface area (Å²) in [4.78, 5) is 20.7. The standard InChI is InChI=1S/C22H27N5OS.HI/c1-23-21(28)17-8-5-7-16(15-17)12-14-26-22(24-2)25-13-6-11-20-27-18-9-3-4-10-19(18)29-20;/h3-5,7-10,15H,6,11-14H2,1-2H3,(H,23,28)(H2,24,25,26);1H. The Morgan fingerprint density at radius 3 is 2.63 bits per heavy atom. The highest BCUT2D eigenvalue weighted by atomic mass is 127. The summed E-state index contributed by atoms with van der Waals surface area (Å²) in [5.41, 5.74) is 2.88. The van der Waals surface area contributed by atoms with E-state index in [-0.39, 0.29) is 29.9 Å². The number of aryl methyl sites for hydroxylation is 1. The van der Waals surface area contributed by atoms with E-state index in [4.69, 9.17) is 0 Å². The number of fused-ring (bicyclic) bond motifs is 1. The molecule has 0 spiro atoms. The van der Waals surface area contributed by atoms with Crippen LogP contribution in [-0.4, -0.2) is 44.0 Å². The van der Waals surface area contributed by atoms with Crippen molar-refractivity contribution in [2.24, 2.45) is 4.99 Å². The van der Waals surface area contributed by atoms with Gasteiger partial charge < -0.3 is 16.0 Å². The Labute approximate surface area is 198 Å². The largest absolute Gasteiger partial charge is 0.356 e. The number of guanidine groups is 1. The van der Waals surface area contributed by atoms with Crippen LogP contribution in [0.5, 0.6) is 0 Å². The van der Waals surface area contributed by atoms with Crippen LogP contribution in [0.4, 0.5) is 0 Å². The van der Waals surface area contributed by atoms with Gasteiger partial charge in [0.25, 0.3) is 5.91 Å². The van der Waals surface area contributed by atoms with Crippen molar-refractivity contribution in [1.29, 1.82) is 0 Å². The SMILES string of the molecule is CN=C(NCCCc1nc2ccccc2s1)NCCc1cccc(C(=O)NC)c1.I. The van der Waals surface area contributed by atoms with E-state index in [9.17, 15) is 4.79 Å². The molecule has 1 heterocycles. The maximum absolute atomic E-state index is 11.7. The molecule has 0 aliphatic carbocycles. The monoisotopic (exact) mass is 537 g/mol. The molecule has 0 saturated carbocycles. The molecule has 8 heteroatoms. The lowest BCUT2D eigenvalue weighted by Crippen LogP contribution is -2.38. The van der Waals surface area contributed by atoms with Gasteiger partial charge in [-0.1, -0.05) is 24.3 Å². The van der Waals surface area contributed by atoms with Crippen LogP contribution in [0.2, 0.25) is 0 Å². The molecule has 2 aromatic carbocycles. The van der Waals surface area contributed by atoms with E-state index in [2.05, 4.69) is 44.1 Å². The van der Waals surface area contributed by atoms with Gasteiger partial charge in [0.15, 0.2) is 5.96 Å². The Bertz CT molecular complexity index is 955. The van der Waals surface area contributed by atoms with Gasteiger partial charge in [-0.2, -0.15) is 0 Å². The van der Waals surface area contributed by atoms with Crippen molar-refractivity contribution in [3.63, 3.8) is 0 Å². The second-order valence-corrected chi connectivity index (χ2v) is 7.75. The predicted molar refractivity (Wildman–Crippen MR) is 136 cm³/mol. The Morgan fingerprint density at radius 2 is 1.87 bits per heavy atom. The number of carbonyl (C=O) groups excluding carboxylic acids is 1. The third-order valence-electron chi connectivity index (χ3n) is 4.54. The number of hydrogen-bond acceptors (Lipinski definition) is 4. The number of hydrogen-bond donors (Lipinski definition) is 3. The number of rotatable bonds is 8. The predicted octanol–water partition coefficient (Wildman–Crippen LogP) is 3.61. The first-order valence-electron chi connectivity index (χ1n) is 9.79. The van der Waals surface area contributed by atoms with Crippen molar-refractivity contribution in [3.8, 4) is 0 Å². The van der Waals surface area contributed by atoms with E-state index >= 15 is 0 Å². The zero-order valence-corrected chi connectivity index (χ0v) is 20.4. The van der Waals surface area contributed by atoms with Gasteiger partial charge >= 0.3 is 0 Å². The van der Waals surface area contributed by atoms with Crippen LogP contribution >= 0.6 is 35.3 Å². The van der Waals surface area contributed by atoms with Gasteiger partial charge in [0, 0.05) is 39.2 Å². The summed E-state index contributed by atoms with van der Waals surface area (Å²) in [6, 6.07) is 15.9. The summed E-state index contributed by atoms with van der Waals surface area (Å²) in [6.07, 6.45) is 2.77. The minimum Gasteiger partial charge on any atom is -0.356 e. The number of benzene rings is 2. The van der Waals surface area contributed by atoms with Gasteiger partial charge in [0.2, 0.25) is 0 Å². The summed E-state index contributed by atoms with van der Waals surface area (Å²) in [6.45, 7) is 1.58. The van der Waals surface area contributed by atoms with Crippen molar-refractivity contribution in [2.45, 2.75) is 19.3 Å². The summed E-state index contributed by atoms with van der Waals surface area (Å²) in [7, 11) is 3.41. The molecule has 1 aromatic heterocycles. The molecular weight excluding hydrogens is 509 g/mol. The van der Waals surface area contributed by atoms with Crippen molar-refractivity contribution in [2.75, 3.05) is 27.2 Å². The van der Waals surface area contributed by atoms with Gasteiger partial charge in [-0.05, 0) is 42.7 Å². The van der Waals surface area contributed by atoms with Crippen LogP contribution in [0.25, 0.3) is 10.2 Å². The molecule has 3 rings (SSSR count). The minimum atomic E-state index is -0.0644. The quantitative estimate of drug-likeness (QED) is 0.178. The highest BCUT2D eigenvalue weighted by Gasteiger charge is 2.05. The van der Waals surface area contributed by atoms with Crippen LogP contribution in [0, 0.1) is 0 Å². The molecule has 3 N–H and O–H groups in total. The van der Waals surface area contributed by atoms with E-state index in [1.54, 1.807) is 25.4 Å². The minimum absolute atomic E-state index is 0. The Kier molecular flexibility index (Phi) is 10.0. The van der Waals surface area contributed by atoms with Crippen molar-refractivity contribution in [3.05, 3.63) is 64.7 Å². The van der Waals surface area contributed by atoms with E-state index in [1.165, 1.54) is 9.71 Å². The van der Waals surface area contributed by atoms with Crippen LogP contribution in [0.15, 0.2) is 53.5 Å². The highest BCUT2D eigenvalue weighted by molar-refractivity contribution is 14.0. The van der Waals surface area contributed by atoms with Crippen LogP contribution in [0.3, 0.4) is 0 Å². The molecule has 1 amide bonds. The van der Waals surface area contributed by atoms with E-state index in [1.807, 2.05) is 30.3 Å². The lowest BCUT2D eigenvalue weighted by Gasteiger charge is -2.12. The van der Waals surface area contributed by atoms with Gasteiger partial charge in [-0.25, -0.2) is 4.98 Å². The molecule has 0 aliphatic rings. The second-order valence-electron chi connectivity index (χ2n) is 6.63. The molecule has 0 aliphatic heterocycles. The molecular formula is C22H28IN5OS. The summed E-state index contributed by atoms with van der Waals surface area (Å²) < 4.78 is 1.24. The highest BCUT2D eigenvalue weighted by Crippen LogP contribution is 2.22. The fourth-order valence-electron chi connectivity index (χ4n) is 3.03. The van der Waals surface area contributed by atoms with Gasteiger partial charge in [-0.15, -0.1) is 35.3 Å². The smallest absolute Gasteiger partial charge is 0.251 e. The molecule has 30 heavy (non-hydrogen) atoms. The summed E-state index contributed by atoms with van der Waals surface area (Å²) in [5, 5.41) is 10.5. The number of halogens is 1. The first-order valence-corrected chi connectivity index (χ1v) is 10.6. The van der Waals surface area contributed by atoms with Crippen molar-refractivity contribution < 1.29 is 4.79 Å². The van der Waals surface area contributed by atoms with Crippen molar-refractivity contribution in [1.82, 2.24) is 20.9 Å². The third-order valence-corrected chi connectivity index (χ3v) is 5.64. The topological polar surface area (TPSA) is 78.4 Å². The number of amides is 1. The molecule has 160 valence electrons. The van der Waals surface area contributed by atoms with Gasteiger partial charge in [-0.3, -0.25) is 9.79 Å². The number of nitrogens with zero attached hydrogens (tertiary/aromatic N) is 2. The fraction of sp³-hybridized carbons (Fsp3) is 0.318. The number of aromatic nitrogens is 1. The van der Waals surface area contributed by atoms with E-state index in [0.717, 1.165) is 49.4 Å². The molecule has 0 radical (unpaired) electrons. The first kappa shape index (κ1) is 24.1.